The number of ether oxygens (including phenoxy) is 1. The molecule has 5 heteroatoms. The van der Waals surface area contributed by atoms with Gasteiger partial charge in [0.2, 0.25) is 5.90 Å². The monoisotopic (exact) mass is 310 g/mol. The Kier molecular flexibility index (Phi) is 3.93. The number of esters is 1. The first-order valence-corrected chi connectivity index (χ1v) is 7.09. The second kappa shape index (κ2) is 6.04. The third kappa shape index (κ3) is 3.29. The number of nitrogens with zero attached hydrogens (tertiary/aromatic N) is 2. The van der Waals surface area contributed by atoms with E-state index in [1.165, 1.54) is 24.3 Å². The molecule has 0 radical (unpaired) electrons. The molecular formula is C18H15FN2O2. The smallest absolute Gasteiger partial charge is 0.363 e. The topological polar surface area (TPSA) is 41.9 Å². The van der Waals surface area contributed by atoms with Crippen LogP contribution in [0.2, 0.25) is 0 Å². The van der Waals surface area contributed by atoms with Gasteiger partial charge in [-0.25, -0.2) is 14.2 Å². The molecule has 116 valence electrons. The molecular weight excluding hydrogens is 295 g/mol. The predicted molar refractivity (Wildman–Crippen MR) is 87.8 cm³/mol. The first kappa shape index (κ1) is 15.0. The van der Waals surface area contributed by atoms with E-state index in [1.807, 2.05) is 43.3 Å². The molecule has 0 saturated heterocycles. The maximum atomic E-state index is 12.9. The zero-order valence-corrected chi connectivity index (χ0v) is 12.8. The van der Waals surface area contributed by atoms with Crippen molar-refractivity contribution in [1.29, 1.82) is 0 Å². The van der Waals surface area contributed by atoms with Gasteiger partial charge < -0.3 is 9.64 Å². The molecule has 1 aliphatic rings. The lowest BCUT2D eigenvalue weighted by Crippen LogP contribution is -2.08. The SMILES string of the molecule is CN(C)c1ccc(C=C2N=C(c3ccc(F)cc3)OC2=O)cc1. The number of carbonyl (C=O) groups is 1. The fraction of sp³-hybridized carbons (Fsp3) is 0.111. The van der Waals surface area contributed by atoms with Crippen molar-refractivity contribution in [2.45, 2.75) is 0 Å². The number of benzene rings is 2. The second-order valence-corrected chi connectivity index (χ2v) is 5.33. The summed E-state index contributed by atoms with van der Waals surface area (Å²) in [4.78, 5) is 18.1. The fourth-order valence-electron chi connectivity index (χ4n) is 2.15. The van der Waals surface area contributed by atoms with Crippen LogP contribution < -0.4 is 4.90 Å². The number of aliphatic imine (C=N–C) groups is 1. The van der Waals surface area contributed by atoms with Gasteiger partial charge >= 0.3 is 5.97 Å². The van der Waals surface area contributed by atoms with E-state index in [0.29, 0.717) is 5.56 Å². The summed E-state index contributed by atoms with van der Waals surface area (Å²) in [5, 5.41) is 0. The van der Waals surface area contributed by atoms with Crippen molar-refractivity contribution >= 4 is 23.6 Å². The molecule has 1 aliphatic heterocycles. The van der Waals surface area contributed by atoms with E-state index < -0.39 is 5.97 Å². The quantitative estimate of drug-likeness (QED) is 0.645. The van der Waals surface area contributed by atoms with Crippen LogP contribution in [-0.4, -0.2) is 26.0 Å². The minimum atomic E-state index is -0.513. The maximum absolute atomic E-state index is 12.9. The van der Waals surface area contributed by atoms with E-state index in [1.54, 1.807) is 6.08 Å². The van der Waals surface area contributed by atoms with E-state index in [0.717, 1.165) is 11.3 Å². The summed E-state index contributed by atoms with van der Waals surface area (Å²) in [5.74, 6) is -0.678. The first-order valence-electron chi connectivity index (χ1n) is 7.09. The van der Waals surface area contributed by atoms with Gasteiger partial charge in [-0.3, -0.25) is 0 Å². The molecule has 0 amide bonds. The van der Waals surface area contributed by atoms with Crippen LogP contribution >= 0.6 is 0 Å². The number of carbonyl (C=O) groups excluding carboxylic acids is 1. The van der Waals surface area contributed by atoms with Crippen molar-refractivity contribution in [1.82, 2.24) is 0 Å². The van der Waals surface area contributed by atoms with Gasteiger partial charge in [0.25, 0.3) is 0 Å². The van der Waals surface area contributed by atoms with Crippen LogP contribution in [0.25, 0.3) is 6.08 Å². The molecule has 0 aliphatic carbocycles. The van der Waals surface area contributed by atoms with Crippen molar-refractivity contribution < 1.29 is 13.9 Å². The lowest BCUT2D eigenvalue weighted by atomic mass is 10.1. The van der Waals surface area contributed by atoms with E-state index in [2.05, 4.69) is 4.99 Å². The van der Waals surface area contributed by atoms with Gasteiger partial charge in [-0.15, -0.1) is 0 Å². The summed E-state index contributed by atoms with van der Waals surface area (Å²) >= 11 is 0. The molecule has 0 fully saturated rings. The van der Waals surface area contributed by atoms with Gasteiger partial charge in [-0.2, -0.15) is 0 Å². The summed E-state index contributed by atoms with van der Waals surface area (Å²) in [6, 6.07) is 13.4. The lowest BCUT2D eigenvalue weighted by molar-refractivity contribution is -0.129. The fourth-order valence-corrected chi connectivity index (χ4v) is 2.15. The third-order valence-corrected chi connectivity index (χ3v) is 3.42. The molecule has 0 bridgehead atoms. The van der Waals surface area contributed by atoms with E-state index in [-0.39, 0.29) is 17.4 Å². The van der Waals surface area contributed by atoms with Gasteiger partial charge in [0.05, 0.1) is 0 Å². The molecule has 0 saturated carbocycles. The predicted octanol–water partition coefficient (Wildman–Crippen LogP) is 3.24. The largest absolute Gasteiger partial charge is 0.402 e. The van der Waals surface area contributed by atoms with Crippen molar-refractivity contribution in [3.63, 3.8) is 0 Å². The van der Waals surface area contributed by atoms with Crippen LogP contribution in [0.15, 0.2) is 59.2 Å². The highest BCUT2D eigenvalue weighted by Crippen LogP contribution is 2.20. The van der Waals surface area contributed by atoms with Crippen LogP contribution in [0.4, 0.5) is 10.1 Å². The number of hydrogen-bond donors (Lipinski definition) is 0. The van der Waals surface area contributed by atoms with Crippen LogP contribution in [0, 0.1) is 5.82 Å². The Morgan fingerprint density at radius 3 is 2.30 bits per heavy atom. The van der Waals surface area contributed by atoms with Crippen LogP contribution in [0.1, 0.15) is 11.1 Å². The Hall–Kier alpha value is -2.95. The van der Waals surface area contributed by atoms with Crippen molar-refractivity contribution in [3.05, 3.63) is 71.2 Å². The maximum Gasteiger partial charge on any atom is 0.363 e. The Morgan fingerprint density at radius 1 is 1.04 bits per heavy atom. The second-order valence-electron chi connectivity index (χ2n) is 5.33. The van der Waals surface area contributed by atoms with Crippen LogP contribution in [-0.2, 0) is 9.53 Å². The molecule has 0 spiro atoms. The lowest BCUT2D eigenvalue weighted by Gasteiger charge is -2.11. The summed E-state index contributed by atoms with van der Waals surface area (Å²) in [6.07, 6.45) is 1.66. The molecule has 23 heavy (non-hydrogen) atoms. The Labute approximate surface area is 133 Å². The summed E-state index contributed by atoms with van der Waals surface area (Å²) in [5.41, 5.74) is 2.70. The normalized spacial score (nSPS) is 15.5. The van der Waals surface area contributed by atoms with E-state index in [4.69, 9.17) is 4.74 Å². The molecule has 2 aromatic carbocycles. The standard InChI is InChI=1S/C18H15FN2O2/c1-21(2)15-9-3-12(4-10-15)11-16-18(22)23-17(20-16)13-5-7-14(19)8-6-13/h3-11H,1-2H3. The van der Waals surface area contributed by atoms with Crippen LogP contribution in [0.5, 0.6) is 0 Å². The zero-order valence-electron chi connectivity index (χ0n) is 12.8. The molecule has 0 atom stereocenters. The highest BCUT2D eigenvalue weighted by Gasteiger charge is 2.24. The average molecular weight is 310 g/mol. The summed E-state index contributed by atoms with van der Waals surface area (Å²) < 4.78 is 18.1. The number of anilines is 1. The van der Waals surface area contributed by atoms with Gasteiger partial charge in [0.1, 0.15) is 5.82 Å². The summed E-state index contributed by atoms with van der Waals surface area (Å²) in [7, 11) is 3.92. The number of halogens is 1. The minimum Gasteiger partial charge on any atom is -0.402 e. The van der Waals surface area contributed by atoms with E-state index in [9.17, 15) is 9.18 Å². The van der Waals surface area contributed by atoms with Gasteiger partial charge in [0.15, 0.2) is 5.70 Å². The minimum absolute atomic E-state index is 0.186. The van der Waals surface area contributed by atoms with Crippen molar-refractivity contribution in [2.75, 3.05) is 19.0 Å². The Balaban J connectivity index is 1.87. The zero-order chi connectivity index (χ0) is 16.4. The number of cyclic esters (lactones) is 1. The van der Waals surface area contributed by atoms with Crippen LogP contribution in [0.3, 0.4) is 0 Å². The molecule has 3 rings (SSSR count). The first-order chi connectivity index (χ1) is 11.0. The Morgan fingerprint density at radius 2 is 1.70 bits per heavy atom. The molecule has 1 heterocycles. The highest BCUT2D eigenvalue weighted by atomic mass is 19.1. The Bertz CT molecular complexity index is 791. The van der Waals surface area contributed by atoms with Gasteiger partial charge in [-0.05, 0) is 48.0 Å². The average Bonchev–Trinajstić information content (AvgIpc) is 2.89. The molecule has 0 N–H and O–H groups in total. The number of rotatable bonds is 3. The van der Waals surface area contributed by atoms with Crippen molar-refractivity contribution in [2.24, 2.45) is 4.99 Å². The molecule has 0 unspecified atom stereocenters. The van der Waals surface area contributed by atoms with Crippen molar-refractivity contribution in [3.8, 4) is 0 Å². The summed E-state index contributed by atoms with van der Waals surface area (Å²) in [6.45, 7) is 0. The highest BCUT2D eigenvalue weighted by molar-refractivity contribution is 6.12. The third-order valence-electron chi connectivity index (χ3n) is 3.42. The number of hydrogen-bond acceptors (Lipinski definition) is 4. The molecule has 2 aromatic rings. The molecule has 0 aromatic heterocycles. The van der Waals surface area contributed by atoms with Gasteiger partial charge in [-0.1, -0.05) is 12.1 Å². The molecule has 4 nitrogen and oxygen atoms in total. The van der Waals surface area contributed by atoms with E-state index >= 15 is 0 Å². The van der Waals surface area contributed by atoms with Gasteiger partial charge in [0, 0.05) is 25.3 Å².